The molecule has 0 spiro atoms. The van der Waals surface area contributed by atoms with Crippen molar-refractivity contribution in [1.29, 1.82) is 0 Å². The minimum atomic E-state index is -3.78. The van der Waals surface area contributed by atoms with Crippen molar-refractivity contribution in [3.05, 3.63) is 58.8 Å². The van der Waals surface area contributed by atoms with Gasteiger partial charge in [0, 0.05) is 9.75 Å². The van der Waals surface area contributed by atoms with Crippen molar-refractivity contribution in [2.75, 3.05) is 11.8 Å². The first kappa shape index (κ1) is 16.7. The molecule has 8 heteroatoms. The van der Waals surface area contributed by atoms with Crippen LogP contribution in [0, 0.1) is 0 Å². The van der Waals surface area contributed by atoms with Gasteiger partial charge in [0.05, 0.1) is 17.7 Å². The van der Waals surface area contributed by atoms with Gasteiger partial charge in [-0.1, -0.05) is 24.3 Å². The highest BCUT2D eigenvalue weighted by molar-refractivity contribution is 7.92. The Kier molecular flexibility index (Phi) is 4.70. The van der Waals surface area contributed by atoms with Crippen molar-refractivity contribution in [2.45, 2.75) is 4.90 Å². The Labute approximate surface area is 147 Å². The summed E-state index contributed by atoms with van der Waals surface area (Å²) in [5.41, 5.74) is 0.221. The van der Waals surface area contributed by atoms with E-state index in [9.17, 15) is 13.2 Å². The molecule has 0 saturated carbocycles. The molecule has 0 unspecified atom stereocenters. The Balaban J connectivity index is 2.02. The van der Waals surface area contributed by atoms with Gasteiger partial charge in [0.1, 0.15) is 4.88 Å². The molecular weight excluding hydrogens is 366 g/mol. The van der Waals surface area contributed by atoms with Gasteiger partial charge >= 0.3 is 5.97 Å². The second-order valence-corrected chi connectivity index (χ2v) is 8.42. The van der Waals surface area contributed by atoms with Crippen molar-refractivity contribution in [1.82, 2.24) is 0 Å². The van der Waals surface area contributed by atoms with Gasteiger partial charge < -0.3 is 4.74 Å². The van der Waals surface area contributed by atoms with E-state index in [1.807, 2.05) is 17.5 Å². The average molecular weight is 379 g/mol. The normalized spacial score (nSPS) is 11.2. The molecule has 0 fully saturated rings. The topological polar surface area (TPSA) is 72.5 Å². The summed E-state index contributed by atoms with van der Waals surface area (Å²) < 4.78 is 32.3. The van der Waals surface area contributed by atoms with Crippen LogP contribution < -0.4 is 4.72 Å². The SMILES string of the molecule is COC(=O)c1sc(-c2cccs2)cc1NS(=O)(=O)c1ccccc1. The van der Waals surface area contributed by atoms with E-state index in [-0.39, 0.29) is 15.5 Å². The molecule has 0 aliphatic heterocycles. The number of carbonyl (C=O) groups is 1. The lowest BCUT2D eigenvalue weighted by molar-refractivity contribution is 0.0607. The van der Waals surface area contributed by atoms with Crippen LogP contribution in [0.5, 0.6) is 0 Å². The maximum Gasteiger partial charge on any atom is 0.350 e. The molecule has 24 heavy (non-hydrogen) atoms. The lowest BCUT2D eigenvalue weighted by Crippen LogP contribution is -2.14. The number of carbonyl (C=O) groups excluding carboxylic acids is 1. The average Bonchev–Trinajstić information content (AvgIpc) is 3.24. The van der Waals surface area contributed by atoms with Crippen LogP contribution in [0.15, 0.2) is 58.8 Å². The highest BCUT2D eigenvalue weighted by atomic mass is 32.2. The maximum atomic E-state index is 12.5. The number of sulfonamides is 1. The van der Waals surface area contributed by atoms with Crippen LogP contribution in [0.4, 0.5) is 5.69 Å². The third-order valence-corrected chi connectivity index (χ3v) is 6.73. The molecule has 0 aliphatic carbocycles. The van der Waals surface area contributed by atoms with Gasteiger partial charge in [-0.15, -0.1) is 22.7 Å². The predicted molar refractivity (Wildman–Crippen MR) is 96.2 cm³/mol. The summed E-state index contributed by atoms with van der Waals surface area (Å²) in [6.45, 7) is 0. The summed E-state index contributed by atoms with van der Waals surface area (Å²) in [6, 6.07) is 13.5. The van der Waals surface area contributed by atoms with E-state index < -0.39 is 16.0 Å². The third kappa shape index (κ3) is 3.35. The van der Waals surface area contributed by atoms with Gasteiger partial charge in [-0.2, -0.15) is 0 Å². The number of hydrogen-bond donors (Lipinski definition) is 1. The van der Waals surface area contributed by atoms with E-state index in [0.29, 0.717) is 0 Å². The molecule has 5 nitrogen and oxygen atoms in total. The van der Waals surface area contributed by atoms with Crippen LogP contribution in [0.1, 0.15) is 9.67 Å². The molecule has 0 radical (unpaired) electrons. The van der Waals surface area contributed by atoms with Gasteiger partial charge in [-0.3, -0.25) is 4.72 Å². The first-order chi connectivity index (χ1) is 11.5. The fourth-order valence-corrected chi connectivity index (χ4v) is 5.06. The van der Waals surface area contributed by atoms with E-state index in [1.54, 1.807) is 24.3 Å². The number of anilines is 1. The third-order valence-electron chi connectivity index (χ3n) is 3.16. The van der Waals surface area contributed by atoms with E-state index in [4.69, 9.17) is 4.74 Å². The molecule has 3 aromatic rings. The Morgan fingerprint density at radius 2 is 1.83 bits per heavy atom. The summed E-state index contributed by atoms with van der Waals surface area (Å²) in [5.74, 6) is -0.575. The minimum Gasteiger partial charge on any atom is -0.465 e. The standard InChI is InChI=1S/C16H13NO4S3/c1-21-16(18)15-12(10-14(23-15)13-8-5-9-22-13)17-24(19,20)11-6-3-2-4-7-11/h2-10,17H,1H3. The highest BCUT2D eigenvalue weighted by Gasteiger charge is 2.23. The second kappa shape index (κ2) is 6.76. The maximum absolute atomic E-state index is 12.5. The Hall–Kier alpha value is -2.16. The summed E-state index contributed by atoms with van der Waals surface area (Å²) in [5, 5.41) is 1.92. The van der Waals surface area contributed by atoms with Crippen molar-refractivity contribution >= 4 is 44.4 Å². The highest BCUT2D eigenvalue weighted by Crippen LogP contribution is 2.38. The lowest BCUT2D eigenvalue weighted by Gasteiger charge is -2.07. The van der Waals surface area contributed by atoms with Gasteiger partial charge in [0.25, 0.3) is 10.0 Å². The smallest absolute Gasteiger partial charge is 0.350 e. The monoisotopic (exact) mass is 379 g/mol. The molecule has 1 N–H and O–H groups in total. The number of ether oxygens (including phenoxy) is 1. The number of rotatable bonds is 5. The van der Waals surface area contributed by atoms with Gasteiger partial charge in [0.15, 0.2) is 0 Å². The fourth-order valence-electron chi connectivity index (χ4n) is 2.05. The van der Waals surface area contributed by atoms with Gasteiger partial charge in [-0.25, -0.2) is 13.2 Å². The lowest BCUT2D eigenvalue weighted by atomic mass is 10.3. The number of benzene rings is 1. The summed E-state index contributed by atoms with van der Waals surface area (Å²) >= 11 is 2.71. The molecule has 0 saturated heterocycles. The predicted octanol–water partition coefficient (Wildman–Crippen LogP) is 4.06. The molecule has 0 aliphatic rings. The molecular formula is C16H13NO4S3. The molecule has 2 heterocycles. The van der Waals surface area contributed by atoms with Crippen LogP contribution in [-0.2, 0) is 14.8 Å². The van der Waals surface area contributed by atoms with Crippen LogP contribution in [0.25, 0.3) is 9.75 Å². The van der Waals surface area contributed by atoms with Gasteiger partial charge in [-0.05, 0) is 29.6 Å². The van der Waals surface area contributed by atoms with Crippen molar-refractivity contribution in [3.8, 4) is 9.75 Å². The van der Waals surface area contributed by atoms with E-state index in [1.165, 1.54) is 41.9 Å². The first-order valence-electron chi connectivity index (χ1n) is 6.85. The molecule has 3 rings (SSSR count). The van der Waals surface area contributed by atoms with Crippen molar-refractivity contribution in [2.24, 2.45) is 0 Å². The van der Waals surface area contributed by atoms with E-state index in [0.717, 1.165) is 9.75 Å². The van der Waals surface area contributed by atoms with Crippen molar-refractivity contribution in [3.63, 3.8) is 0 Å². The molecule has 1 aromatic carbocycles. The van der Waals surface area contributed by atoms with Crippen LogP contribution in [0.3, 0.4) is 0 Å². The van der Waals surface area contributed by atoms with Crippen LogP contribution in [-0.4, -0.2) is 21.5 Å². The van der Waals surface area contributed by atoms with Crippen LogP contribution in [0.2, 0.25) is 0 Å². The summed E-state index contributed by atoms with van der Waals surface area (Å²) in [7, 11) is -2.51. The zero-order valence-electron chi connectivity index (χ0n) is 12.6. The number of esters is 1. The molecule has 0 atom stereocenters. The summed E-state index contributed by atoms with van der Waals surface area (Å²) in [6.07, 6.45) is 0. The van der Waals surface area contributed by atoms with E-state index in [2.05, 4.69) is 4.72 Å². The Morgan fingerprint density at radius 1 is 1.08 bits per heavy atom. The minimum absolute atomic E-state index is 0.129. The molecule has 0 amide bonds. The van der Waals surface area contributed by atoms with Gasteiger partial charge in [0.2, 0.25) is 0 Å². The molecule has 0 bridgehead atoms. The zero-order chi connectivity index (χ0) is 17.2. The van der Waals surface area contributed by atoms with Crippen molar-refractivity contribution < 1.29 is 17.9 Å². The second-order valence-electron chi connectivity index (χ2n) is 4.74. The Bertz CT molecular complexity index is 945. The zero-order valence-corrected chi connectivity index (χ0v) is 15.0. The number of nitrogens with one attached hydrogen (secondary N) is 1. The largest absolute Gasteiger partial charge is 0.465 e. The Morgan fingerprint density at radius 3 is 2.46 bits per heavy atom. The molecule has 124 valence electrons. The van der Waals surface area contributed by atoms with E-state index >= 15 is 0 Å². The number of methoxy groups -OCH3 is 1. The summed E-state index contributed by atoms with van der Waals surface area (Å²) in [4.78, 5) is 14.1. The quantitative estimate of drug-likeness (QED) is 0.679. The molecule has 2 aromatic heterocycles. The van der Waals surface area contributed by atoms with Crippen LogP contribution >= 0.6 is 22.7 Å². The fraction of sp³-hybridized carbons (Fsp3) is 0.0625. The number of thiophene rings is 2. The number of hydrogen-bond acceptors (Lipinski definition) is 6. The first-order valence-corrected chi connectivity index (χ1v) is 10.0.